The molecular weight excluding hydrogens is 1860 g/mol. The van der Waals surface area contributed by atoms with Crippen LogP contribution in [0.15, 0.2) is 30.3 Å². The molecule has 0 aliphatic carbocycles. The molecule has 0 aromatic heterocycles. The van der Waals surface area contributed by atoms with Crippen molar-refractivity contribution in [1.82, 2.24) is 117 Å². The first kappa shape index (κ1) is 126. The predicted octanol–water partition coefficient (Wildman–Crippen LogP) is -9.10. The molecule has 806 valence electrons. The zero-order valence-electron chi connectivity index (χ0n) is 83.5. The summed E-state index contributed by atoms with van der Waals surface area (Å²) in [5.41, 5.74) is 62.6. The zero-order chi connectivity index (χ0) is 108. The Bertz CT molecular complexity index is 4320. The quantitative estimate of drug-likeness (QED) is 0.0164. The molecule has 53 N–H and O–H groups in total. The lowest BCUT2D eigenvalue weighted by atomic mass is 9.95. The largest absolute Gasteiger partial charge is 0.370 e. The Morgan fingerprint density at radius 1 is 0.231 bits per heavy atom. The summed E-state index contributed by atoms with van der Waals surface area (Å²) >= 11 is 0. The topological polar surface area (TPSA) is 1000 Å². The van der Waals surface area contributed by atoms with Gasteiger partial charge in [0.15, 0.2) is 53.6 Å². The van der Waals surface area contributed by atoms with Crippen molar-refractivity contribution in [2.45, 2.75) is 288 Å². The van der Waals surface area contributed by atoms with Crippen molar-refractivity contribution >= 4 is 136 Å². The summed E-state index contributed by atoms with van der Waals surface area (Å²) < 4.78 is 0. The Kier molecular flexibility index (Phi) is 61.7. The van der Waals surface area contributed by atoms with Gasteiger partial charge in [0.25, 0.3) is 0 Å². The highest BCUT2D eigenvalue weighted by Crippen LogP contribution is 2.19. The lowest BCUT2D eigenvalue weighted by molar-refractivity contribution is -0.137. The van der Waals surface area contributed by atoms with E-state index in [1.165, 1.54) is 0 Å². The van der Waals surface area contributed by atoms with Crippen LogP contribution >= 0.6 is 0 Å². The number of nitrogens with one attached hydrogen (secondary N) is 31. The average molecular weight is 2020 g/mol. The summed E-state index contributed by atoms with van der Waals surface area (Å²) in [5.74, 6) is -18.9. The molecule has 0 radical (unpaired) electrons. The number of nitrogens with two attached hydrogens (primary N) is 11. The molecule has 1 rings (SSSR count). The second kappa shape index (κ2) is 69.9. The number of carbonyl (C=O) groups excluding carboxylic acids is 14. The van der Waals surface area contributed by atoms with Gasteiger partial charge in [0.05, 0.1) is 6.04 Å². The first-order valence-corrected chi connectivity index (χ1v) is 48.3. The molecule has 0 saturated carbocycles. The van der Waals surface area contributed by atoms with E-state index >= 15 is 33.6 Å². The van der Waals surface area contributed by atoms with Crippen LogP contribution in [0.25, 0.3) is 0 Å². The van der Waals surface area contributed by atoms with Crippen LogP contribution in [0.2, 0.25) is 0 Å². The third kappa shape index (κ3) is 54.0. The van der Waals surface area contributed by atoms with Crippen LogP contribution in [-0.2, 0) is 73.5 Å². The predicted molar refractivity (Wildman–Crippen MR) is 543 cm³/mol. The molecule has 0 spiro atoms. The fourth-order valence-corrected chi connectivity index (χ4v) is 14.4. The van der Waals surface area contributed by atoms with E-state index in [0.717, 1.165) is 0 Å². The summed E-state index contributed by atoms with van der Waals surface area (Å²) in [6.45, 7) is 13.9. The van der Waals surface area contributed by atoms with Gasteiger partial charge < -0.3 is 180 Å². The maximum atomic E-state index is 15.4. The Hall–Kier alpha value is -14.8. The number of carbonyl (C=O) groups is 14. The molecule has 1 aromatic carbocycles. The number of guanidine groups is 9. The molecule has 1 aromatic rings. The Balaban J connectivity index is 4.24. The minimum Gasteiger partial charge on any atom is -0.370 e. The van der Waals surface area contributed by atoms with Gasteiger partial charge in [-0.3, -0.25) is 116 Å². The van der Waals surface area contributed by atoms with Crippen LogP contribution in [0.1, 0.15) is 202 Å². The molecule has 0 aliphatic heterocycles. The van der Waals surface area contributed by atoms with Crippen molar-refractivity contribution in [2.75, 3.05) is 58.9 Å². The van der Waals surface area contributed by atoms with Crippen molar-refractivity contribution in [1.29, 1.82) is 48.7 Å². The fraction of sp³-hybridized carbons (Fsp3) is 0.667. The molecule has 56 heteroatoms. The van der Waals surface area contributed by atoms with E-state index in [-0.39, 0.29) is 205 Å². The zero-order valence-corrected chi connectivity index (χ0v) is 83.5. The standard InChI is InChI=1S/C87H164N42O14/c1-9-46(5)61(126-66(131)51(88)27-16-36-108-79(90)91)76(141)123-58(34-23-43-115-86(104)105)73(138)129-63(48(7)11-3)77(142)122-56(32-21-41-113-84(100)101)69(134)119-54(30-19-39-111-82(96)97)67(132)118-53(29-18-38-110-81(94)95)68(133)120-55(31-20-40-112-83(98)99)70(135)125-60(45-50-25-14-13-15-26-50)74(139)121-57(33-22-42-114-85(102)103)71(136)128-64(49(8)12-4)78(143)124-59(35-24-44-116-87(106)107)72(137)127-62(47(6)10-2)75(140)117-52(65(89)130)28-17-37-109-80(92)93/h13-15,25-26,46-49,51-64H,9-12,16-24,27-45,88H2,1-8H3,(H2,89,130)(H,117,140)(H,118,132)(H,119,134)(H,120,133)(H,121,139)(H,122,142)(H,123,141)(H,124,143)(H,125,135)(H,126,131)(H,127,137)(H,128,136)(H,129,138)(H4,90,91,108)(H4,92,93,109)(H4,94,95,110)(H4,96,97,111)(H4,98,99,112)(H4,100,101,113)(H4,102,103,114)(H4,104,105,115)(H4,106,107,116)/t46-,47-,48-,49-,51-,52-,53-,54-,55-,56-,57-,58-,59-,60-,61-,62-,63-,64-/m0/s1. The number of primary amides is 1. The van der Waals surface area contributed by atoms with E-state index in [1.54, 1.807) is 85.7 Å². The van der Waals surface area contributed by atoms with Crippen molar-refractivity contribution in [2.24, 2.45) is 86.7 Å². The molecule has 0 heterocycles. The minimum atomic E-state index is -1.65. The number of rotatable bonds is 73. The molecule has 18 atom stereocenters. The summed E-state index contributed by atoms with van der Waals surface area (Å²) in [7, 11) is 0. The molecule has 0 saturated heterocycles. The van der Waals surface area contributed by atoms with Crippen LogP contribution in [0.4, 0.5) is 0 Å². The van der Waals surface area contributed by atoms with Gasteiger partial charge >= 0.3 is 0 Å². The molecule has 0 aliphatic rings. The minimum absolute atomic E-state index is 0.0144. The Labute approximate surface area is 834 Å². The lowest BCUT2D eigenvalue weighted by Gasteiger charge is -2.31. The number of hydrogen-bond donors (Lipinski definition) is 42. The average Bonchev–Trinajstić information content (AvgIpc) is 0.844. The molecule has 14 amide bonds. The van der Waals surface area contributed by atoms with Gasteiger partial charge in [-0.25, -0.2) is 0 Å². The van der Waals surface area contributed by atoms with Gasteiger partial charge in [0.1, 0.15) is 78.5 Å². The molecule has 56 nitrogen and oxygen atoms in total. The van der Waals surface area contributed by atoms with E-state index in [1.807, 2.05) is 0 Å². The maximum absolute atomic E-state index is 15.4. The van der Waals surface area contributed by atoms with E-state index in [0.29, 0.717) is 24.8 Å². The van der Waals surface area contributed by atoms with Crippen molar-refractivity contribution in [3.05, 3.63) is 35.9 Å². The van der Waals surface area contributed by atoms with E-state index in [4.69, 9.17) is 112 Å². The van der Waals surface area contributed by atoms with Gasteiger partial charge in [-0.1, -0.05) is 111 Å². The second-order valence-corrected chi connectivity index (χ2v) is 35.1. The molecule has 0 bridgehead atoms. The van der Waals surface area contributed by atoms with Gasteiger partial charge in [-0.05, 0) is 145 Å². The van der Waals surface area contributed by atoms with E-state index in [2.05, 4.69) is 117 Å². The SMILES string of the molecule is CC[C@H](C)[C@H](NC(=O)[C@H](CCCNC(=N)N)NC(=O)[C@@H](NC(=O)[C@H](CCCNC(=N)N)NC(=O)[C@H](Cc1ccccc1)NC(=O)[C@H](CCCNC(=N)N)NC(=O)[C@H](CCCNC(=N)N)NC(=O)[C@H](CCCNC(=N)N)NC(=O)[C@H](CCCNC(=N)N)NC(=O)[C@@H](NC(=O)[C@H](CCCNC(=N)N)NC(=O)[C@@H](NC(=O)[C@@H](N)CCCNC(=N)N)[C@@H](C)CC)[C@@H](C)CC)[C@@H](C)CC)C(=O)N[C@@H](CCCNC(=N)N)C(N)=O. The normalized spacial score (nSPS) is 14.7. The summed E-state index contributed by atoms with van der Waals surface area (Å²) in [4.78, 5) is 206. The highest BCUT2D eigenvalue weighted by molar-refractivity contribution is 6.01. The molecular formula is C87H164N42O14. The first-order valence-electron chi connectivity index (χ1n) is 48.3. The third-order valence-corrected chi connectivity index (χ3v) is 23.4. The summed E-state index contributed by atoms with van der Waals surface area (Å²) in [6.07, 6.45) is 0.291. The molecule has 0 unspecified atom stereocenters. The van der Waals surface area contributed by atoms with Crippen molar-refractivity contribution in [3.8, 4) is 0 Å². The van der Waals surface area contributed by atoms with Gasteiger partial charge in [0.2, 0.25) is 82.7 Å². The fourth-order valence-electron chi connectivity index (χ4n) is 14.4. The van der Waals surface area contributed by atoms with Gasteiger partial charge in [-0.15, -0.1) is 0 Å². The van der Waals surface area contributed by atoms with Crippen LogP contribution in [0.3, 0.4) is 0 Å². The Morgan fingerprint density at radius 2 is 0.399 bits per heavy atom. The van der Waals surface area contributed by atoms with Crippen molar-refractivity contribution in [3.63, 3.8) is 0 Å². The van der Waals surface area contributed by atoms with Crippen LogP contribution in [0.5, 0.6) is 0 Å². The van der Waals surface area contributed by atoms with Crippen LogP contribution in [0, 0.1) is 72.4 Å². The lowest BCUT2D eigenvalue weighted by Crippen LogP contribution is -2.62. The molecule has 143 heavy (non-hydrogen) atoms. The highest BCUT2D eigenvalue weighted by atomic mass is 16.2. The second-order valence-electron chi connectivity index (χ2n) is 35.1. The summed E-state index contributed by atoms with van der Waals surface area (Å²) in [6, 6.07) is -12.1. The monoisotopic (exact) mass is 2020 g/mol. The van der Waals surface area contributed by atoms with Gasteiger partial charge in [-0.2, -0.15) is 0 Å². The van der Waals surface area contributed by atoms with Crippen LogP contribution < -0.4 is 180 Å². The number of benzene rings is 1. The Morgan fingerprint density at radius 3 is 0.601 bits per heavy atom. The smallest absolute Gasteiger partial charge is 0.243 e. The number of hydrogen-bond acceptors (Lipinski definition) is 24. The van der Waals surface area contributed by atoms with E-state index < -0.39 is 227 Å². The van der Waals surface area contributed by atoms with Gasteiger partial charge in [0, 0.05) is 65.3 Å². The van der Waals surface area contributed by atoms with Crippen molar-refractivity contribution < 1.29 is 67.1 Å². The third-order valence-electron chi connectivity index (χ3n) is 23.4. The maximum Gasteiger partial charge on any atom is 0.243 e. The first-order chi connectivity index (χ1) is 67.5. The number of amides is 14. The summed E-state index contributed by atoms with van der Waals surface area (Å²) in [5, 5.41) is 129. The van der Waals surface area contributed by atoms with Crippen LogP contribution in [-0.4, -0.2) is 280 Å². The molecule has 0 fully saturated rings. The van der Waals surface area contributed by atoms with E-state index in [9.17, 15) is 33.6 Å². The highest BCUT2D eigenvalue weighted by Gasteiger charge is 2.41.